The van der Waals surface area contributed by atoms with E-state index in [0.717, 1.165) is 24.6 Å². The van der Waals surface area contributed by atoms with Crippen molar-refractivity contribution in [3.63, 3.8) is 0 Å². The summed E-state index contributed by atoms with van der Waals surface area (Å²) in [6.07, 6.45) is 1.53. The summed E-state index contributed by atoms with van der Waals surface area (Å²) in [5.74, 6) is -0.759. The summed E-state index contributed by atoms with van der Waals surface area (Å²) in [4.78, 5) is 41.7. The number of anilines is 2. The second-order valence-corrected chi connectivity index (χ2v) is 8.97. The molecule has 1 aliphatic heterocycles. The van der Waals surface area contributed by atoms with Gasteiger partial charge in [0.05, 0.1) is 24.7 Å². The van der Waals surface area contributed by atoms with Gasteiger partial charge in [-0.3, -0.25) is 23.7 Å². The average molecular weight is 488 g/mol. The number of ether oxygens (including phenoxy) is 1. The first-order chi connectivity index (χ1) is 16.4. The second-order valence-electron chi connectivity index (χ2n) is 8.03. The molecule has 1 saturated heterocycles. The average Bonchev–Trinajstić information content (AvgIpc) is 3.55. The van der Waals surface area contributed by atoms with E-state index in [1.54, 1.807) is 16.7 Å². The zero-order valence-electron chi connectivity index (χ0n) is 18.1. The fourth-order valence-electron chi connectivity index (χ4n) is 3.90. The van der Waals surface area contributed by atoms with Gasteiger partial charge in [0.15, 0.2) is 10.9 Å². The lowest BCUT2D eigenvalue weighted by Crippen LogP contribution is -2.38. The van der Waals surface area contributed by atoms with Crippen LogP contribution in [0, 0.1) is 5.82 Å². The molecule has 11 nitrogen and oxygen atoms in total. The summed E-state index contributed by atoms with van der Waals surface area (Å²) in [5.41, 5.74) is 4.88. The predicted molar refractivity (Wildman–Crippen MR) is 123 cm³/mol. The van der Waals surface area contributed by atoms with Crippen LogP contribution in [0.1, 0.15) is 29.2 Å². The zero-order valence-corrected chi connectivity index (χ0v) is 18.9. The van der Waals surface area contributed by atoms with E-state index in [-0.39, 0.29) is 23.2 Å². The van der Waals surface area contributed by atoms with Gasteiger partial charge in [0.25, 0.3) is 5.56 Å². The number of thioether (sulfide) groups is 1. The number of hydrogen-bond donors (Lipinski definition) is 2. The van der Waals surface area contributed by atoms with Crippen molar-refractivity contribution in [2.45, 2.75) is 24.0 Å². The molecule has 0 bridgehead atoms. The number of halogens is 1. The zero-order chi connectivity index (χ0) is 23.8. The molecule has 3 N–H and O–H groups in total. The number of morpholine rings is 1. The molecule has 2 aromatic heterocycles. The number of carbonyl (C=O) groups excluding carboxylic acids is 1. The van der Waals surface area contributed by atoms with E-state index in [1.807, 2.05) is 4.90 Å². The lowest BCUT2D eigenvalue weighted by Gasteiger charge is -2.27. The summed E-state index contributed by atoms with van der Waals surface area (Å²) in [7, 11) is 0. The third kappa shape index (κ3) is 4.23. The number of Topliss-reactive ketones (excluding diaryl/α,β-unsaturated/α-hetero) is 1. The number of ketones is 1. The van der Waals surface area contributed by atoms with Gasteiger partial charge in [0.2, 0.25) is 5.95 Å². The summed E-state index contributed by atoms with van der Waals surface area (Å²) in [6, 6.07) is 5.89. The SMILES string of the molecule is Nc1c(C(=O)CSc2nnc(N3CCOCC3)n2-c2cccc(F)c2)c(=O)[nH]c(=O)n1C1CC1. The molecular weight excluding hydrogens is 465 g/mol. The Bertz CT molecular complexity index is 1360. The minimum absolute atomic E-state index is 0.101. The number of carbonyl (C=O) groups is 1. The van der Waals surface area contributed by atoms with Crippen LogP contribution in [-0.4, -0.2) is 62.2 Å². The van der Waals surface area contributed by atoms with Crippen molar-refractivity contribution in [1.29, 1.82) is 0 Å². The fraction of sp³-hybridized carbons (Fsp3) is 0.381. The largest absolute Gasteiger partial charge is 0.384 e. The van der Waals surface area contributed by atoms with Gasteiger partial charge in [-0.05, 0) is 31.0 Å². The van der Waals surface area contributed by atoms with Gasteiger partial charge in [0, 0.05) is 19.1 Å². The first-order valence-corrected chi connectivity index (χ1v) is 11.8. The van der Waals surface area contributed by atoms with Crippen molar-refractivity contribution >= 4 is 29.3 Å². The molecule has 1 aromatic carbocycles. The van der Waals surface area contributed by atoms with Crippen LogP contribution >= 0.6 is 11.8 Å². The van der Waals surface area contributed by atoms with Crippen LogP contribution in [0.4, 0.5) is 16.2 Å². The Morgan fingerprint density at radius 1 is 1.24 bits per heavy atom. The van der Waals surface area contributed by atoms with E-state index in [0.29, 0.717) is 43.1 Å². The van der Waals surface area contributed by atoms with Crippen molar-refractivity contribution in [2.24, 2.45) is 0 Å². The van der Waals surface area contributed by atoms with Crippen LogP contribution in [0.15, 0.2) is 39.0 Å². The van der Waals surface area contributed by atoms with Gasteiger partial charge in [-0.25, -0.2) is 9.18 Å². The number of H-pyrrole nitrogens is 1. The number of aromatic amines is 1. The maximum absolute atomic E-state index is 14.0. The topological polar surface area (TPSA) is 141 Å². The van der Waals surface area contributed by atoms with Gasteiger partial charge < -0.3 is 15.4 Å². The molecule has 0 spiro atoms. The highest BCUT2D eigenvalue weighted by atomic mass is 32.2. The molecule has 0 amide bonds. The van der Waals surface area contributed by atoms with Crippen LogP contribution in [0.3, 0.4) is 0 Å². The van der Waals surface area contributed by atoms with Crippen molar-refractivity contribution in [3.05, 3.63) is 56.5 Å². The summed E-state index contributed by atoms with van der Waals surface area (Å²) in [5, 5.41) is 8.86. The van der Waals surface area contributed by atoms with Crippen LogP contribution < -0.4 is 21.9 Å². The maximum Gasteiger partial charge on any atom is 0.330 e. The Balaban J connectivity index is 1.46. The van der Waals surface area contributed by atoms with Crippen LogP contribution in [-0.2, 0) is 4.74 Å². The van der Waals surface area contributed by atoms with Gasteiger partial charge in [-0.1, -0.05) is 17.8 Å². The quantitative estimate of drug-likeness (QED) is 0.368. The highest BCUT2D eigenvalue weighted by Gasteiger charge is 2.30. The van der Waals surface area contributed by atoms with Crippen molar-refractivity contribution in [2.75, 3.05) is 42.7 Å². The normalized spacial score (nSPS) is 16.1. The molecule has 0 unspecified atom stereocenters. The van der Waals surface area contributed by atoms with E-state index in [1.165, 1.54) is 16.7 Å². The fourth-order valence-corrected chi connectivity index (χ4v) is 4.72. The lowest BCUT2D eigenvalue weighted by atomic mass is 10.2. The molecule has 13 heteroatoms. The van der Waals surface area contributed by atoms with Gasteiger partial charge >= 0.3 is 5.69 Å². The predicted octanol–water partition coefficient (Wildman–Crippen LogP) is 0.985. The highest BCUT2D eigenvalue weighted by molar-refractivity contribution is 7.99. The molecule has 1 saturated carbocycles. The molecule has 0 atom stereocenters. The molecule has 1 aliphatic carbocycles. The minimum Gasteiger partial charge on any atom is -0.384 e. The third-order valence-corrected chi connectivity index (χ3v) is 6.61. The Kier molecular flexibility index (Phi) is 5.96. The van der Waals surface area contributed by atoms with Crippen LogP contribution in [0.25, 0.3) is 5.69 Å². The Labute approximate surface area is 196 Å². The molecule has 3 aromatic rings. The molecule has 2 fully saturated rings. The summed E-state index contributed by atoms with van der Waals surface area (Å²) < 4.78 is 22.3. The minimum atomic E-state index is -0.814. The Morgan fingerprint density at radius 2 is 2.00 bits per heavy atom. The van der Waals surface area contributed by atoms with Crippen molar-refractivity contribution in [3.8, 4) is 5.69 Å². The van der Waals surface area contributed by atoms with E-state index < -0.39 is 22.8 Å². The third-order valence-electron chi connectivity index (χ3n) is 5.68. The Hall–Kier alpha value is -3.45. The highest BCUT2D eigenvalue weighted by Crippen LogP contribution is 2.35. The van der Waals surface area contributed by atoms with E-state index in [4.69, 9.17) is 10.5 Å². The molecule has 0 radical (unpaired) electrons. The van der Waals surface area contributed by atoms with Crippen molar-refractivity contribution in [1.82, 2.24) is 24.3 Å². The number of nitrogen functional groups attached to an aromatic ring is 1. The number of benzene rings is 1. The molecule has 178 valence electrons. The molecule has 34 heavy (non-hydrogen) atoms. The van der Waals surface area contributed by atoms with E-state index in [9.17, 15) is 18.8 Å². The number of nitrogens with zero attached hydrogens (tertiary/aromatic N) is 5. The van der Waals surface area contributed by atoms with Crippen LogP contribution in [0.5, 0.6) is 0 Å². The number of nitrogens with two attached hydrogens (primary N) is 1. The van der Waals surface area contributed by atoms with Gasteiger partial charge in [-0.15, -0.1) is 10.2 Å². The van der Waals surface area contributed by atoms with E-state index in [2.05, 4.69) is 15.2 Å². The number of hydrogen-bond acceptors (Lipinski definition) is 9. The number of rotatable bonds is 7. The summed E-state index contributed by atoms with van der Waals surface area (Å²) >= 11 is 1.05. The standard InChI is InChI=1S/C21H22FN7O4S/c22-12-2-1-3-14(10-12)29-19(27-6-8-33-9-7-27)25-26-21(29)34-11-15(30)16-17(23)28(13-4-5-13)20(32)24-18(16)31/h1-3,10,13H,4-9,11,23H2,(H,24,31,32). The molecule has 2 aliphatic rings. The summed E-state index contributed by atoms with van der Waals surface area (Å²) in [6.45, 7) is 2.22. The molecular formula is C21H22FN7O4S. The van der Waals surface area contributed by atoms with Gasteiger partial charge in [-0.2, -0.15) is 0 Å². The first-order valence-electron chi connectivity index (χ1n) is 10.8. The molecule has 3 heterocycles. The maximum atomic E-state index is 14.0. The lowest BCUT2D eigenvalue weighted by molar-refractivity contribution is 0.102. The molecule has 5 rings (SSSR count). The van der Waals surface area contributed by atoms with Crippen molar-refractivity contribution < 1.29 is 13.9 Å². The number of aromatic nitrogens is 5. The second kappa shape index (κ2) is 9.06. The van der Waals surface area contributed by atoms with E-state index >= 15 is 0 Å². The monoisotopic (exact) mass is 487 g/mol. The van der Waals surface area contributed by atoms with Gasteiger partial charge in [0.1, 0.15) is 17.2 Å². The first kappa shape index (κ1) is 22.3. The Morgan fingerprint density at radius 3 is 2.71 bits per heavy atom. The smallest absolute Gasteiger partial charge is 0.330 e. The van der Waals surface area contributed by atoms with Crippen LogP contribution in [0.2, 0.25) is 0 Å². The number of nitrogens with one attached hydrogen (secondary N) is 1.